The Labute approximate surface area is 113 Å². The zero-order chi connectivity index (χ0) is 13.7. The number of nitrogens with two attached hydrogens (primary N) is 1. The maximum atomic E-state index is 10.6. The number of likely N-dealkylation sites (tertiary alicyclic amines) is 1. The summed E-state index contributed by atoms with van der Waals surface area (Å²) in [5, 5.41) is 10.6. The largest absolute Gasteiger partial charge is 0.330 e. The van der Waals surface area contributed by atoms with Crippen LogP contribution in [0.4, 0.5) is 5.69 Å². The van der Waals surface area contributed by atoms with Gasteiger partial charge >= 0.3 is 0 Å². The maximum absolute atomic E-state index is 10.6. The van der Waals surface area contributed by atoms with Crippen LogP contribution in [0, 0.1) is 10.1 Å². The highest BCUT2D eigenvalue weighted by molar-refractivity contribution is 5.32. The standard InChI is InChI=1S/C14H21N3O2/c15-9-8-13-3-1-2-10-16(13)11-12-4-6-14(7-5-12)17(18)19/h4-7,13H,1-3,8-11,15H2. The highest BCUT2D eigenvalue weighted by atomic mass is 16.6. The van der Waals surface area contributed by atoms with Gasteiger partial charge in [0.25, 0.3) is 5.69 Å². The van der Waals surface area contributed by atoms with Gasteiger partial charge in [-0.3, -0.25) is 15.0 Å². The molecule has 0 spiro atoms. The first kappa shape index (κ1) is 14.0. The number of nitro groups is 1. The van der Waals surface area contributed by atoms with E-state index in [2.05, 4.69) is 4.90 Å². The van der Waals surface area contributed by atoms with Crippen LogP contribution in [0.2, 0.25) is 0 Å². The first-order valence-corrected chi connectivity index (χ1v) is 6.88. The highest BCUT2D eigenvalue weighted by Gasteiger charge is 2.21. The lowest BCUT2D eigenvalue weighted by Crippen LogP contribution is -2.40. The summed E-state index contributed by atoms with van der Waals surface area (Å²) < 4.78 is 0. The molecule has 1 saturated heterocycles. The quantitative estimate of drug-likeness (QED) is 0.653. The van der Waals surface area contributed by atoms with Crippen LogP contribution in [0.15, 0.2) is 24.3 Å². The Hall–Kier alpha value is -1.46. The smallest absolute Gasteiger partial charge is 0.269 e. The van der Waals surface area contributed by atoms with Crippen LogP contribution in [0.1, 0.15) is 31.2 Å². The van der Waals surface area contributed by atoms with Crippen molar-refractivity contribution in [2.24, 2.45) is 5.73 Å². The molecule has 0 saturated carbocycles. The molecule has 1 aliphatic heterocycles. The van der Waals surface area contributed by atoms with Crippen LogP contribution in [-0.2, 0) is 6.54 Å². The van der Waals surface area contributed by atoms with Crippen molar-refractivity contribution >= 4 is 5.69 Å². The molecule has 0 radical (unpaired) electrons. The number of hydrogen-bond acceptors (Lipinski definition) is 4. The minimum absolute atomic E-state index is 0.154. The molecule has 0 aromatic heterocycles. The second-order valence-corrected chi connectivity index (χ2v) is 5.12. The fourth-order valence-corrected chi connectivity index (χ4v) is 2.75. The summed E-state index contributed by atoms with van der Waals surface area (Å²) in [4.78, 5) is 12.7. The lowest BCUT2D eigenvalue weighted by Gasteiger charge is -2.35. The molecular weight excluding hydrogens is 242 g/mol. The predicted molar refractivity (Wildman–Crippen MR) is 74.8 cm³/mol. The topological polar surface area (TPSA) is 72.4 Å². The van der Waals surface area contributed by atoms with Gasteiger partial charge < -0.3 is 5.73 Å². The Balaban J connectivity index is 2.00. The van der Waals surface area contributed by atoms with Gasteiger partial charge in [-0.05, 0) is 37.9 Å². The van der Waals surface area contributed by atoms with E-state index in [0.29, 0.717) is 6.04 Å². The zero-order valence-electron chi connectivity index (χ0n) is 11.1. The normalized spacial score (nSPS) is 20.4. The molecule has 0 aliphatic carbocycles. The lowest BCUT2D eigenvalue weighted by molar-refractivity contribution is -0.384. The Bertz CT molecular complexity index is 417. The van der Waals surface area contributed by atoms with E-state index in [9.17, 15) is 10.1 Å². The van der Waals surface area contributed by atoms with Gasteiger partial charge in [0.1, 0.15) is 0 Å². The van der Waals surface area contributed by atoms with Crippen LogP contribution >= 0.6 is 0 Å². The van der Waals surface area contributed by atoms with Crippen molar-refractivity contribution in [1.82, 2.24) is 4.90 Å². The first-order chi connectivity index (χ1) is 9.20. The van der Waals surface area contributed by atoms with Crippen LogP contribution in [-0.4, -0.2) is 29.0 Å². The molecular formula is C14H21N3O2. The average molecular weight is 263 g/mol. The van der Waals surface area contributed by atoms with Gasteiger partial charge in [-0.15, -0.1) is 0 Å². The van der Waals surface area contributed by atoms with Crippen LogP contribution in [0.5, 0.6) is 0 Å². The van der Waals surface area contributed by atoms with Crippen molar-refractivity contribution in [2.75, 3.05) is 13.1 Å². The highest BCUT2D eigenvalue weighted by Crippen LogP contribution is 2.22. The SMILES string of the molecule is NCCC1CCCCN1Cc1ccc([N+](=O)[O-])cc1. The van der Waals surface area contributed by atoms with E-state index in [-0.39, 0.29) is 10.6 Å². The van der Waals surface area contributed by atoms with Crippen molar-refractivity contribution < 1.29 is 4.92 Å². The lowest BCUT2D eigenvalue weighted by atomic mass is 9.98. The monoisotopic (exact) mass is 263 g/mol. The summed E-state index contributed by atoms with van der Waals surface area (Å²) in [5.74, 6) is 0. The molecule has 1 fully saturated rings. The van der Waals surface area contributed by atoms with Gasteiger partial charge in [-0.25, -0.2) is 0 Å². The molecule has 2 rings (SSSR count). The second kappa shape index (κ2) is 6.63. The average Bonchev–Trinajstić information content (AvgIpc) is 2.42. The number of nitrogens with zero attached hydrogens (tertiary/aromatic N) is 2. The minimum atomic E-state index is -0.359. The number of piperidine rings is 1. The van der Waals surface area contributed by atoms with E-state index in [1.165, 1.54) is 19.3 Å². The number of rotatable bonds is 5. The van der Waals surface area contributed by atoms with E-state index in [0.717, 1.165) is 31.6 Å². The second-order valence-electron chi connectivity index (χ2n) is 5.12. The third kappa shape index (κ3) is 3.75. The fourth-order valence-electron chi connectivity index (χ4n) is 2.75. The minimum Gasteiger partial charge on any atom is -0.330 e. The van der Waals surface area contributed by atoms with E-state index in [4.69, 9.17) is 5.73 Å². The molecule has 1 aliphatic rings. The Morgan fingerprint density at radius 3 is 2.68 bits per heavy atom. The molecule has 1 unspecified atom stereocenters. The third-order valence-electron chi connectivity index (χ3n) is 3.78. The molecule has 5 nitrogen and oxygen atoms in total. The third-order valence-corrected chi connectivity index (χ3v) is 3.78. The number of nitro benzene ring substituents is 1. The fraction of sp³-hybridized carbons (Fsp3) is 0.571. The maximum Gasteiger partial charge on any atom is 0.269 e. The van der Waals surface area contributed by atoms with Crippen LogP contribution < -0.4 is 5.73 Å². The summed E-state index contributed by atoms with van der Waals surface area (Å²) in [7, 11) is 0. The van der Waals surface area contributed by atoms with Crippen LogP contribution in [0.3, 0.4) is 0 Å². The summed E-state index contributed by atoms with van der Waals surface area (Å²) >= 11 is 0. The molecule has 1 aromatic rings. The predicted octanol–water partition coefficient (Wildman–Crippen LogP) is 2.30. The molecule has 0 amide bonds. The first-order valence-electron chi connectivity index (χ1n) is 6.88. The van der Waals surface area contributed by atoms with Crippen molar-refractivity contribution in [3.63, 3.8) is 0 Å². The summed E-state index contributed by atoms with van der Waals surface area (Å²) in [6.45, 7) is 2.69. The van der Waals surface area contributed by atoms with Gasteiger partial charge in [0.15, 0.2) is 0 Å². The van der Waals surface area contributed by atoms with E-state index in [1.54, 1.807) is 12.1 Å². The zero-order valence-corrected chi connectivity index (χ0v) is 11.1. The van der Waals surface area contributed by atoms with Crippen molar-refractivity contribution in [3.05, 3.63) is 39.9 Å². The van der Waals surface area contributed by atoms with E-state index >= 15 is 0 Å². The summed E-state index contributed by atoms with van der Waals surface area (Å²) in [5.41, 5.74) is 6.95. The van der Waals surface area contributed by atoms with Crippen molar-refractivity contribution in [1.29, 1.82) is 0 Å². The van der Waals surface area contributed by atoms with E-state index in [1.807, 2.05) is 12.1 Å². The summed E-state index contributed by atoms with van der Waals surface area (Å²) in [6.07, 6.45) is 4.76. The van der Waals surface area contributed by atoms with Crippen molar-refractivity contribution in [2.45, 2.75) is 38.3 Å². The van der Waals surface area contributed by atoms with Gasteiger partial charge in [0.2, 0.25) is 0 Å². The molecule has 5 heteroatoms. The molecule has 0 bridgehead atoms. The van der Waals surface area contributed by atoms with Gasteiger partial charge in [0.05, 0.1) is 4.92 Å². The number of non-ortho nitro benzene ring substituents is 1. The Kier molecular flexibility index (Phi) is 4.87. The molecule has 1 heterocycles. The van der Waals surface area contributed by atoms with Gasteiger partial charge in [0, 0.05) is 24.7 Å². The molecule has 1 aromatic carbocycles. The van der Waals surface area contributed by atoms with Gasteiger partial charge in [-0.2, -0.15) is 0 Å². The molecule has 104 valence electrons. The number of benzene rings is 1. The van der Waals surface area contributed by atoms with Gasteiger partial charge in [-0.1, -0.05) is 18.6 Å². The van der Waals surface area contributed by atoms with Crippen molar-refractivity contribution in [3.8, 4) is 0 Å². The van der Waals surface area contributed by atoms with E-state index < -0.39 is 0 Å². The molecule has 1 atom stereocenters. The number of hydrogen-bond donors (Lipinski definition) is 1. The molecule has 19 heavy (non-hydrogen) atoms. The summed E-state index contributed by atoms with van der Waals surface area (Å²) in [6, 6.07) is 7.43. The van der Waals surface area contributed by atoms with Crippen LogP contribution in [0.25, 0.3) is 0 Å². The Morgan fingerprint density at radius 2 is 2.05 bits per heavy atom. The molecule has 2 N–H and O–H groups in total. The Morgan fingerprint density at radius 1 is 1.32 bits per heavy atom.